The van der Waals surface area contributed by atoms with Crippen LogP contribution in [0, 0.1) is 0 Å². The van der Waals surface area contributed by atoms with E-state index in [0.717, 1.165) is 44.9 Å². The highest BCUT2D eigenvalue weighted by atomic mass is 28.4. The lowest BCUT2D eigenvalue weighted by Gasteiger charge is -2.54. The van der Waals surface area contributed by atoms with Crippen molar-refractivity contribution in [3.8, 4) is 0 Å². The summed E-state index contributed by atoms with van der Waals surface area (Å²) in [4.78, 5) is 0. The normalized spacial score (nSPS) is 17.8. The van der Waals surface area contributed by atoms with Gasteiger partial charge in [-0.15, -0.1) is 0 Å². The molecule has 0 aliphatic carbocycles. The molecule has 33 heavy (non-hydrogen) atoms. The lowest BCUT2D eigenvalue weighted by atomic mass is 10.1. The topological polar surface area (TPSA) is 27.7 Å². The van der Waals surface area contributed by atoms with Crippen molar-refractivity contribution in [1.29, 1.82) is 0 Å². The van der Waals surface area contributed by atoms with E-state index in [0.29, 0.717) is 0 Å². The molecule has 0 aromatic heterocycles. The van der Waals surface area contributed by atoms with E-state index in [9.17, 15) is 0 Å². The van der Waals surface area contributed by atoms with Crippen LogP contribution in [0.25, 0.3) is 0 Å². The molecule has 0 spiro atoms. The molecule has 0 amide bonds. The zero-order valence-electron chi connectivity index (χ0n) is 23.5. The van der Waals surface area contributed by atoms with Gasteiger partial charge in [0.05, 0.1) is 8.80 Å². The molecule has 0 radical (unpaired) electrons. The van der Waals surface area contributed by atoms with Gasteiger partial charge in [0, 0.05) is 5.22 Å². The van der Waals surface area contributed by atoms with Gasteiger partial charge in [0.2, 0.25) is 0 Å². The van der Waals surface area contributed by atoms with Crippen molar-refractivity contribution in [2.75, 3.05) is 0 Å². The molecule has 0 aliphatic heterocycles. The smallest absolute Gasteiger partial charge is 0.394 e. The van der Waals surface area contributed by atoms with Gasteiger partial charge in [-0.25, -0.2) is 0 Å². The van der Waals surface area contributed by atoms with Crippen LogP contribution in [-0.2, 0) is 13.0 Å². The Morgan fingerprint density at radius 1 is 0.758 bits per heavy atom. The van der Waals surface area contributed by atoms with E-state index in [1.165, 1.54) is 11.6 Å². The average molecular weight is 527 g/mol. The maximum absolute atomic E-state index is 7.80. The first-order valence-corrected chi connectivity index (χ1v) is 24.0. The summed E-state index contributed by atoms with van der Waals surface area (Å²) >= 11 is 0. The fourth-order valence-corrected chi connectivity index (χ4v) is 18.6. The Labute approximate surface area is 212 Å². The van der Waals surface area contributed by atoms with Crippen molar-refractivity contribution in [1.82, 2.24) is 0 Å². The molecular weight excluding hydrogens is 473 g/mol. The minimum atomic E-state index is -2.98. The summed E-state index contributed by atoms with van der Waals surface area (Å²) in [6.07, 6.45) is 8.79. The molecule has 1 aromatic rings. The molecule has 0 aliphatic rings. The van der Waals surface area contributed by atoms with E-state index in [1.807, 2.05) is 0 Å². The molecule has 0 saturated heterocycles. The fourth-order valence-electron chi connectivity index (χ4n) is 5.40. The molecule has 0 bridgehead atoms. The van der Waals surface area contributed by atoms with Gasteiger partial charge in [-0.3, -0.25) is 0 Å². The van der Waals surface area contributed by atoms with E-state index >= 15 is 0 Å². The summed E-state index contributed by atoms with van der Waals surface area (Å²) in [7, 11) is -6.93. The molecule has 192 valence electrons. The maximum atomic E-state index is 7.80. The van der Waals surface area contributed by atoms with Crippen molar-refractivity contribution in [3.05, 3.63) is 30.3 Å². The van der Waals surface area contributed by atoms with Crippen LogP contribution in [0.3, 0.4) is 0 Å². The second-order valence-electron chi connectivity index (χ2n) is 10.6. The van der Waals surface area contributed by atoms with Crippen LogP contribution in [0.2, 0.25) is 39.3 Å². The fraction of sp³-hybridized carbons (Fsp3) is 0.769. The highest BCUT2D eigenvalue weighted by Crippen LogP contribution is 2.42. The van der Waals surface area contributed by atoms with Crippen LogP contribution in [0.15, 0.2) is 30.3 Å². The van der Waals surface area contributed by atoms with E-state index in [2.05, 4.69) is 97.3 Å². The Morgan fingerprint density at radius 3 is 1.79 bits per heavy atom. The summed E-state index contributed by atoms with van der Waals surface area (Å²) in [5.41, 5.74) is 0. The summed E-state index contributed by atoms with van der Waals surface area (Å²) in [6, 6.07) is 11.1. The predicted molar refractivity (Wildman–Crippen MR) is 157 cm³/mol. The van der Waals surface area contributed by atoms with Crippen molar-refractivity contribution in [2.45, 2.75) is 129 Å². The maximum Gasteiger partial charge on any atom is 0.394 e. The summed E-state index contributed by atoms with van der Waals surface area (Å²) in [5.74, 6) is 0. The van der Waals surface area contributed by atoms with E-state index in [4.69, 9.17) is 13.0 Å². The first kappa shape index (κ1) is 31.0. The Morgan fingerprint density at radius 2 is 1.36 bits per heavy atom. The summed E-state index contributed by atoms with van der Waals surface area (Å²) in [6.45, 7) is 23.5. The molecule has 3 atom stereocenters. The molecule has 1 aromatic carbocycles. The van der Waals surface area contributed by atoms with Crippen LogP contribution in [0.1, 0.15) is 79.1 Å². The Bertz CT molecular complexity index is 658. The minimum Gasteiger partial charge on any atom is -0.434 e. The number of benzene rings is 1. The van der Waals surface area contributed by atoms with Gasteiger partial charge in [-0.1, -0.05) is 96.8 Å². The molecule has 0 N–H and O–H groups in total. The number of unbranched alkanes of at least 4 members (excludes halogenated alkanes) is 1. The predicted octanol–water partition coefficient (Wildman–Crippen LogP) is 6.60. The van der Waals surface area contributed by atoms with Crippen LogP contribution < -0.4 is 5.19 Å². The quantitative estimate of drug-likeness (QED) is 0.214. The van der Waals surface area contributed by atoms with Gasteiger partial charge in [0.25, 0.3) is 0 Å². The van der Waals surface area contributed by atoms with Crippen molar-refractivity contribution in [3.63, 3.8) is 0 Å². The zero-order valence-corrected chi connectivity index (χ0v) is 28.0. The first-order valence-electron chi connectivity index (χ1n) is 13.7. The van der Waals surface area contributed by atoms with Gasteiger partial charge in [0.15, 0.2) is 18.1 Å². The molecule has 3 unspecified atom stereocenters. The van der Waals surface area contributed by atoms with Crippen molar-refractivity contribution in [2.24, 2.45) is 0 Å². The van der Waals surface area contributed by atoms with Crippen LogP contribution in [0.4, 0.5) is 0 Å². The molecular formula is C26H54O3Si4. The van der Waals surface area contributed by atoms with E-state index < -0.39 is 35.4 Å². The van der Waals surface area contributed by atoms with Crippen LogP contribution >= 0.6 is 0 Å². The van der Waals surface area contributed by atoms with Crippen LogP contribution in [-0.4, -0.2) is 45.9 Å². The third kappa shape index (κ3) is 7.72. The Balaban J connectivity index is 4.02. The molecule has 0 saturated carbocycles. The molecule has 1 rings (SSSR count). The largest absolute Gasteiger partial charge is 0.434 e. The number of hydrogen-bond donors (Lipinski definition) is 0. The van der Waals surface area contributed by atoms with Gasteiger partial charge in [-0.2, -0.15) is 0 Å². The third-order valence-corrected chi connectivity index (χ3v) is 18.0. The summed E-state index contributed by atoms with van der Waals surface area (Å²) < 4.78 is 22.4. The molecule has 3 nitrogen and oxygen atoms in total. The highest BCUT2D eigenvalue weighted by Gasteiger charge is 2.62. The second kappa shape index (κ2) is 14.5. The number of rotatable bonds is 17. The zero-order chi connectivity index (χ0) is 25.1. The lowest BCUT2D eigenvalue weighted by Crippen LogP contribution is -2.76. The first-order chi connectivity index (χ1) is 15.6. The van der Waals surface area contributed by atoms with Crippen molar-refractivity contribution >= 4 is 40.6 Å². The van der Waals surface area contributed by atoms with E-state index in [1.54, 1.807) is 0 Å². The molecule has 7 heteroatoms. The standard InChI is InChI=1S/C26H54O3Si4/c1-11-15-23-26(22-13-3,27-31(7)8)33(29-32(9)10,24-19-17-16-18-20-24)28-25(14-4,21-12-2)30(5)6/h16-20,30-32H,11-15,21-23H2,1-10H3. The number of hydrogen-bond acceptors (Lipinski definition) is 3. The Hall–Kier alpha value is -0.0325. The van der Waals surface area contributed by atoms with Crippen molar-refractivity contribution < 1.29 is 13.0 Å². The Kier molecular flexibility index (Phi) is 13.6. The van der Waals surface area contributed by atoms with Gasteiger partial charge in [0.1, 0.15) is 5.22 Å². The SMILES string of the molecule is CCCCC(CCC)(O[SiH](C)C)[Si](O[SiH](C)C)(OC(CC)(CCC)[SiH](C)C)c1ccccc1. The highest BCUT2D eigenvalue weighted by molar-refractivity contribution is 6.89. The minimum absolute atomic E-state index is 0.0623. The summed E-state index contributed by atoms with van der Waals surface area (Å²) in [5, 5.41) is 0.899. The monoisotopic (exact) mass is 526 g/mol. The third-order valence-electron chi connectivity index (χ3n) is 6.88. The van der Waals surface area contributed by atoms with Gasteiger partial charge >= 0.3 is 8.56 Å². The molecule has 0 heterocycles. The van der Waals surface area contributed by atoms with E-state index in [-0.39, 0.29) is 10.4 Å². The van der Waals surface area contributed by atoms with Gasteiger partial charge < -0.3 is 13.0 Å². The molecule has 0 fully saturated rings. The second-order valence-corrected chi connectivity index (χ2v) is 22.2. The average Bonchev–Trinajstić information content (AvgIpc) is 2.76. The lowest BCUT2D eigenvalue weighted by molar-refractivity contribution is 0.0233. The van der Waals surface area contributed by atoms with Crippen LogP contribution in [0.5, 0.6) is 0 Å². The van der Waals surface area contributed by atoms with Gasteiger partial charge in [-0.05, 0) is 57.1 Å².